The summed E-state index contributed by atoms with van der Waals surface area (Å²) in [7, 11) is 0. The van der Waals surface area contributed by atoms with Gasteiger partial charge in [0.05, 0.1) is 0 Å². The summed E-state index contributed by atoms with van der Waals surface area (Å²) in [6.07, 6.45) is 5.61. The first-order chi connectivity index (χ1) is 6.95. The van der Waals surface area contributed by atoms with Crippen molar-refractivity contribution in [1.82, 2.24) is 5.32 Å². The Morgan fingerprint density at radius 2 is 1.87 bits per heavy atom. The molecule has 1 aliphatic rings. The Morgan fingerprint density at radius 3 is 2.40 bits per heavy atom. The lowest BCUT2D eigenvalue weighted by molar-refractivity contribution is -0.122. The van der Waals surface area contributed by atoms with Crippen molar-refractivity contribution in [2.24, 2.45) is 11.3 Å². The molecule has 0 radical (unpaired) electrons. The van der Waals surface area contributed by atoms with Gasteiger partial charge in [0.25, 0.3) is 0 Å². The maximum absolute atomic E-state index is 11.4. The summed E-state index contributed by atoms with van der Waals surface area (Å²) in [5.41, 5.74) is 0.312. The normalized spacial score (nSPS) is 27.5. The molecule has 1 saturated carbocycles. The molecule has 0 bridgehead atoms. The summed E-state index contributed by atoms with van der Waals surface area (Å²) in [5.74, 6) is 0.845. The number of rotatable bonds is 2. The highest BCUT2D eigenvalue weighted by Crippen LogP contribution is 2.37. The van der Waals surface area contributed by atoms with Crippen molar-refractivity contribution >= 4 is 5.91 Å². The summed E-state index contributed by atoms with van der Waals surface area (Å²) in [4.78, 5) is 11.4. The molecule has 0 aromatic carbocycles. The number of carbonyl (C=O) groups excluding carboxylic acids is 1. The van der Waals surface area contributed by atoms with Crippen LogP contribution in [-0.2, 0) is 4.79 Å². The van der Waals surface area contributed by atoms with Gasteiger partial charge >= 0.3 is 0 Å². The summed E-state index contributed by atoms with van der Waals surface area (Å²) in [6.45, 7) is 8.78. The van der Waals surface area contributed by atoms with Crippen molar-refractivity contribution < 1.29 is 4.79 Å². The van der Waals surface area contributed by atoms with Crippen molar-refractivity contribution in [3.63, 3.8) is 0 Å². The van der Waals surface area contributed by atoms with Crippen LogP contribution in [0.3, 0.4) is 0 Å². The molecular weight excluding hydrogens is 186 g/mol. The summed E-state index contributed by atoms with van der Waals surface area (Å²) in [5, 5.41) is 3.19. The Bertz CT molecular complexity index is 217. The fraction of sp³-hybridized carbons (Fsp3) is 0.923. The Balaban J connectivity index is 2.62. The quantitative estimate of drug-likeness (QED) is 0.747. The van der Waals surface area contributed by atoms with E-state index in [1.54, 1.807) is 0 Å². The Hall–Kier alpha value is -0.530. The van der Waals surface area contributed by atoms with Gasteiger partial charge < -0.3 is 5.32 Å². The first-order valence-corrected chi connectivity index (χ1v) is 6.24. The van der Waals surface area contributed by atoms with E-state index in [1.165, 1.54) is 19.3 Å². The molecular formula is C13H25NO. The minimum Gasteiger partial charge on any atom is -0.353 e. The van der Waals surface area contributed by atoms with Crippen LogP contribution in [0.4, 0.5) is 0 Å². The van der Waals surface area contributed by atoms with Crippen molar-refractivity contribution in [1.29, 1.82) is 0 Å². The first-order valence-electron chi connectivity index (χ1n) is 6.24. The molecule has 1 amide bonds. The van der Waals surface area contributed by atoms with Crippen LogP contribution < -0.4 is 5.32 Å². The third-order valence-corrected chi connectivity index (χ3v) is 3.55. The molecule has 0 saturated heterocycles. The van der Waals surface area contributed by atoms with Crippen LogP contribution in [0.15, 0.2) is 0 Å². The fourth-order valence-corrected chi connectivity index (χ4v) is 2.65. The molecule has 0 aromatic rings. The molecule has 1 aliphatic carbocycles. The number of hydrogen-bond acceptors (Lipinski definition) is 1. The molecule has 0 aromatic heterocycles. The molecule has 1 N–H and O–H groups in total. The molecule has 2 nitrogen and oxygen atoms in total. The second kappa shape index (κ2) is 5.00. The SMILES string of the molecule is CCC(=O)N[C@@H]1CCCC[C@@H]1C(C)(C)C. The zero-order valence-corrected chi connectivity index (χ0v) is 10.6. The van der Waals surface area contributed by atoms with E-state index < -0.39 is 0 Å². The van der Waals surface area contributed by atoms with E-state index in [1.807, 2.05) is 6.92 Å². The van der Waals surface area contributed by atoms with Gasteiger partial charge in [-0.2, -0.15) is 0 Å². The lowest BCUT2D eigenvalue weighted by atomic mass is 9.69. The Labute approximate surface area is 93.8 Å². The van der Waals surface area contributed by atoms with E-state index in [9.17, 15) is 4.79 Å². The van der Waals surface area contributed by atoms with Gasteiger partial charge in [-0.05, 0) is 24.2 Å². The smallest absolute Gasteiger partial charge is 0.219 e. The average Bonchev–Trinajstić information content (AvgIpc) is 2.17. The second-order valence-corrected chi connectivity index (χ2v) is 5.78. The molecule has 0 unspecified atom stereocenters. The van der Waals surface area contributed by atoms with Crippen molar-refractivity contribution in [2.75, 3.05) is 0 Å². The van der Waals surface area contributed by atoms with E-state index in [0.717, 1.165) is 6.42 Å². The van der Waals surface area contributed by atoms with E-state index in [2.05, 4.69) is 26.1 Å². The van der Waals surface area contributed by atoms with Crippen LogP contribution in [0.25, 0.3) is 0 Å². The number of carbonyl (C=O) groups is 1. The molecule has 0 heterocycles. The molecule has 88 valence electrons. The van der Waals surface area contributed by atoms with Gasteiger partial charge in [0.15, 0.2) is 0 Å². The fourth-order valence-electron chi connectivity index (χ4n) is 2.65. The summed E-state index contributed by atoms with van der Waals surface area (Å²) in [6, 6.07) is 0.409. The van der Waals surface area contributed by atoms with E-state index in [0.29, 0.717) is 23.8 Å². The van der Waals surface area contributed by atoms with E-state index >= 15 is 0 Å². The third kappa shape index (κ3) is 3.51. The molecule has 1 fully saturated rings. The van der Waals surface area contributed by atoms with Crippen LogP contribution in [0, 0.1) is 11.3 Å². The number of amides is 1. The van der Waals surface area contributed by atoms with Crippen LogP contribution in [-0.4, -0.2) is 11.9 Å². The highest BCUT2D eigenvalue weighted by molar-refractivity contribution is 5.75. The van der Waals surface area contributed by atoms with Crippen molar-refractivity contribution in [3.05, 3.63) is 0 Å². The van der Waals surface area contributed by atoms with E-state index in [4.69, 9.17) is 0 Å². The minimum absolute atomic E-state index is 0.205. The van der Waals surface area contributed by atoms with Gasteiger partial charge in [-0.1, -0.05) is 40.5 Å². The summed E-state index contributed by atoms with van der Waals surface area (Å²) < 4.78 is 0. The lowest BCUT2D eigenvalue weighted by Gasteiger charge is -2.40. The van der Waals surface area contributed by atoms with Gasteiger partial charge in [-0.15, -0.1) is 0 Å². The zero-order chi connectivity index (χ0) is 11.5. The highest BCUT2D eigenvalue weighted by atomic mass is 16.1. The maximum atomic E-state index is 11.4. The average molecular weight is 211 g/mol. The Morgan fingerprint density at radius 1 is 1.27 bits per heavy atom. The number of nitrogens with one attached hydrogen (secondary N) is 1. The second-order valence-electron chi connectivity index (χ2n) is 5.78. The standard InChI is InChI=1S/C13H25NO/c1-5-12(15)14-11-9-7-6-8-10(11)13(2,3)4/h10-11H,5-9H2,1-4H3,(H,14,15)/t10-,11+/m0/s1. The monoisotopic (exact) mass is 211 g/mol. The zero-order valence-electron chi connectivity index (χ0n) is 10.6. The number of hydrogen-bond donors (Lipinski definition) is 1. The molecule has 0 aliphatic heterocycles. The van der Waals surface area contributed by atoms with Crippen LogP contribution in [0.5, 0.6) is 0 Å². The first kappa shape index (κ1) is 12.5. The molecule has 15 heavy (non-hydrogen) atoms. The predicted molar refractivity (Wildman–Crippen MR) is 63.6 cm³/mol. The minimum atomic E-state index is 0.205. The summed E-state index contributed by atoms with van der Waals surface area (Å²) >= 11 is 0. The van der Waals surface area contributed by atoms with Gasteiger partial charge in [0, 0.05) is 12.5 Å². The van der Waals surface area contributed by atoms with Gasteiger partial charge in [0.1, 0.15) is 0 Å². The largest absolute Gasteiger partial charge is 0.353 e. The van der Waals surface area contributed by atoms with Crippen molar-refractivity contribution in [3.8, 4) is 0 Å². The highest BCUT2D eigenvalue weighted by Gasteiger charge is 2.34. The van der Waals surface area contributed by atoms with Crippen molar-refractivity contribution in [2.45, 2.75) is 65.8 Å². The van der Waals surface area contributed by atoms with Crippen LogP contribution >= 0.6 is 0 Å². The third-order valence-electron chi connectivity index (χ3n) is 3.55. The predicted octanol–water partition coefficient (Wildman–Crippen LogP) is 3.12. The topological polar surface area (TPSA) is 29.1 Å². The maximum Gasteiger partial charge on any atom is 0.219 e. The molecule has 2 heteroatoms. The van der Waals surface area contributed by atoms with Gasteiger partial charge in [-0.25, -0.2) is 0 Å². The molecule has 1 rings (SSSR count). The lowest BCUT2D eigenvalue weighted by Crippen LogP contribution is -2.46. The van der Waals surface area contributed by atoms with Crippen LogP contribution in [0.1, 0.15) is 59.8 Å². The van der Waals surface area contributed by atoms with Gasteiger partial charge in [0.2, 0.25) is 5.91 Å². The van der Waals surface area contributed by atoms with E-state index in [-0.39, 0.29) is 5.91 Å². The Kier molecular flexibility index (Phi) is 4.18. The van der Waals surface area contributed by atoms with Crippen LogP contribution in [0.2, 0.25) is 0 Å². The molecule has 2 atom stereocenters. The van der Waals surface area contributed by atoms with Gasteiger partial charge in [-0.3, -0.25) is 4.79 Å². The molecule has 0 spiro atoms.